The molecule has 0 bridgehead atoms. The Balaban J connectivity index is 0. The predicted octanol–water partition coefficient (Wildman–Crippen LogP) is 3.06. The van der Waals surface area contributed by atoms with Crippen molar-refractivity contribution in [2.75, 3.05) is 6.54 Å². The lowest BCUT2D eigenvalue weighted by atomic mass is 9.85. The summed E-state index contributed by atoms with van der Waals surface area (Å²) in [6.45, 7) is 12.8. The van der Waals surface area contributed by atoms with Crippen LogP contribution in [0.3, 0.4) is 0 Å². The second-order valence-electron chi connectivity index (χ2n) is 4.66. The van der Waals surface area contributed by atoms with Gasteiger partial charge in [-0.3, -0.25) is 4.79 Å². The van der Waals surface area contributed by atoms with Crippen LogP contribution in [-0.4, -0.2) is 12.5 Å². The molecule has 0 saturated heterocycles. The van der Waals surface area contributed by atoms with Gasteiger partial charge in [0.25, 0.3) is 0 Å². The number of carbonyl (C=O) groups excluding carboxylic acids is 1. The fourth-order valence-corrected chi connectivity index (χ4v) is 1.10. The average molecular weight is 214 g/mol. The van der Waals surface area contributed by atoms with Crippen LogP contribution in [0, 0.1) is 5.41 Å². The van der Waals surface area contributed by atoms with Crippen molar-refractivity contribution in [3.8, 4) is 0 Å². The van der Waals surface area contributed by atoms with E-state index in [1.165, 1.54) is 6.42 Å². The van der Waals surface area contributed by atoms with Gasteiger partial charge in [-0.05, 0) is 25.2 Å². The fraction of sp³-hybridized carbons (Fsp3) is 0.750. The van der Waals surface area contributed by atoms with Gasteiger partial charge in [-0.25, -0.2) is 0 Å². The van der Waals surface area contributed by atoms with E-state index in [1.807, 2.05) is 0 Å². The topological polar surface area (TPSA) is 64.1 Å². The Morgan fingerprint density at radius 1 is 1.40 bits per heavy atom. The highest BCUT2D eigenvalue weighted by molar-refractivity contribution is 5.91. The predicted molar refractivity (Wildman–Crippen MR) is 66.2 cm³/mol. The van der Waals surface area contributed by atoms with Crippen LogP contribution in [0.4, 0.5) is 0 Å². The monoisotopic (exact) mass is 214 g/mol. The van der Waals surface area contributed by atoms with E-state index < -0.39 is 0 Å². The van der Waals surface area contributed by atoms with E-state index >= 15 is 0 Å². The minimum absolute atomic E-state index is 0. The molecule has 3 heteroatoms. The van der Waals surface area contributed by atoms with Crippen LogP contribution in [-0.2, 0) is 4.79 Å². The molecule has 0 fully saturated rings. The van der Waals surface area contributed by atoms with Crippen molar-refractivity contribution in [1.29, 1.82) is 0 Å². The lowest BCUT2D eigenvalue weighted by Crippen LogP contribution is -2.25. The third-order valence-corrected chi connectivity index (χ3v) is 2.66. The van der Waals surface area contributed by atoms with Crippen LogP contribution in [0.1, 0.15) is 47.0 Å². The van der Waals surface area contributed by atoms with E-state index in [0.29, 0.717) is 11.0 Å². The molecule has 15 heavy (non-hydrogen) atoms. The van der Waals surface area contributed by atoms with Gasteiger partial charge < -0.3 is 11.5 Å². The van der Waals surface area contributed by atoms with Crippen molar-refractivity contribution in [1.82, 2.24) is 11.5 Å². The highest BCUT2D eigenvalue weighted by atomic mass is 16.1. The van der Waals surface area contributed by atoms with Crippen LogP contribution < -0.4 is 11.5 Å². The SMILES string of the molecule is C=C(C)C(=O)NCCCC(C)(C)CC.N. The molecule has 0 saturated carbocycles. The molecular weight excluding hydrogens is 188 g/mol. The summed E-state index contributed by atoms with van der Waals surface area (Å²) in [4.78, 5) is 11.1. The summed E-state index contributed by atoms with van der Waals surface area (Å²) in [5.41, 5.74) is 0.980. The zero-order chi connectivity index (χ0) is 11.2. The molecule has 0 aromatic carbocycles. The first-order valence-electron chi connectivity index (χ1n) is 5.33. The number of carbonyl (C=O) groups is 1. The second-order valence-corrected chi connectivity index (χ2v) is 4.66. The minimum Gasteiger partial charge on any atom is -0.352 e. The Kier molecular flexibility index (Phi) is 8.25. The molecule has 3 nitrogen and oxygen atoms in total. The first kappa shape index (κ1) is 16.6. The molecule has 0 aliphatic rings. The smallest absolute Gasteiger partial charge is 0.246 e. The van der Waals surface area contributed by atoms with E-state index in [1.54, 1.807) is 6.92 Å². The molecule has 4 N–H and O–H groups in total. The fourth-order valence-electron chi connectivity index (χ4n) is 1.10. The van der Waals surface area contributed by atoms with E-state index in [0.717, 1.165) is 19.4 Å². The maximum absolute atomic E-state index is 11.1. The summed E-state index contributed by atoms with van der Waals surface area (Å²) < 4.78 is 0. The van der Waals surface area contributed by atoms with Gasteiger partial charge in [-0.2, -0.15) is 0 Å². The van der Waals surface area contributed by atoms with Crippen molar-refractivity contribution in [2.45, 2.75) is 47.0 Å². The van der Waals surface area contributed by atoms with Crippen molar-refractivity contribution < 1.29 is 4.79 Å². The van der Waals surface area contributed by atoms with Gasteiger partial charge in [0, 0.05) is 12.1 Å². The number of nitrogens with one attached hydrogen (secondary N) is 1. The Hall–Kier alpha value is -0.830. The van der Waals surface area contributed by atoms with Crippen LogP contribution in [0.25, 0.3) is 0 Å². The standard InChI is InChI=1S/C12H23NO.H3N/c1-6-12(4,5)8-7-9-13-11(14)10(2)3;/h2,6-9H2,1,3-5H3,(H,13,14);1H3. The molecule has 0 heterocycles. The Morgan fingerprint density at radius 2 is 1.93 bits per heavy atom. The molecular formula is C12H26N2O. The lowest BCUT2D eigenvalue weighted by molar-refractivity contribution is -0.117. The minimum atomic E-state index is -0.0284. The number of rotatable bonds is 6. The molecule has 0 atom stereocenters. The maximum atomic E-state index is 11.1. The molecule has 0 aromatic rings. The molecule has 0 unspecified atom stereocenters. The van der Waals surface area contributed by atoms with Gasteiger partial charge in [0.1, 0.15) is 0 Å². The maximum Gasteiger partial charge on any atom is 0.246 e. The quantitative estimate of drug-likeness (QED) is 0.527. The molecule has 90 valence electrons. The summed E-state index contributed by atoms with van der Waals surface area (Å²) in [7, 11) is 0. The third-order valence-electron chi connectivity index (χ3n) is 2.66. The van der Waals surface area contributed by atoms with E-state index in [-0.39, 0.29) is 12.1 Å². The van der Waals surface area contributed by atoms with Gasteiger partial charge in [0.05, 0.1) is 0 Å². The Bertz CT molecular complexity index is 210. The summed E-state index contributed by atoms with van der Waals surface area (Å²) in [6.07, 6.45) is 3.38. The molecule has 0 aliphatic carbocycles. The zero-order valence-electron chi connectivity index (χ0n) is 10.7. The Labute approximate surface area is 93.9 Å². The van der Waals surface area contributed by atoms with E-state index in [9.17, 15) is 4.79 Å². The largest absolute Gasteiger partial charge is 0.352 e. The van der Waals surface area contributed by atoms with Gasteiger partial charge >= 0.3 is 0 Å². The summed E-state index contributed by atoms with van der Waals surface area (Å²) in [5, 5.41) is 2.84. The third kappa shape index (κ3) is 8.18. The highest BCUT2D eigenvalue weighted by Crippen LogP contribution is 2.25. The van der Waals surface area contributed by atoms with Crippen molar-refractivity contribution in [3.63, 3.8) is 0 Å². The first-order chi connectivity index (χ1) is 6.39. The normalized spacial score (nSPS) is 10.4. The first-order valence-corrected chi connectivity index (χ1v) is 5.33. The highest BCUT2D eigenvalue weighted by Gasteiger charge is 2.13. The molecule has 0 rings (SSSR count). The van der Waals surface area contributed by atoms with Crippen molar-refractivity contribution >= 4 is 5.91 Å². The number of amides is 1. The summed E-state index contributed by atoms with van der Waals surface area (Å²) in [5.74, 6) is -0.0284. The van der Waals surface area contributed by atoms with Gasteiger partial charge in [0.15, 0.2) is 0 Å². The van der Waals surface area contributed by atoms with Crippen LogP contribution >= 0.6 is 0 Å². The lowest BCUT2D eigenvalue weighted by Gasteiger charge is -2.22. The summed E-state index contributed by atoms with van der Waals surface area (Å²) >= 11 is 0. The summed E-state index contributed by atoms with van der Waals surface area (Å²) in [6, 6.07) is 0. The number of hydrogen-bond acceptors (Lipinski definition) is 2. The molecule has 0 radical (unpaired) electrons. The zero-order valence-corrected chi connectivity index (χ0v) is 10.7. The van der Waals surface area contributed by atoms with E-state index in [4.69, 9.17) is 0 Å². The van der Waals surface area contributed by atoms with Gasteiger partial charge in [0.2, 0.25) is 5.91 Å². The second kappa shape index (κ2) is 7.46. The van der Waals surface area contributed by atoms with Gasteiger partial charge in [-0.1, -0.05) is 33.8 Å². The van der Waals surface area contributed by atoms with Crippen molar-refractivity contribution in [3.05, 3.63) is 12.2 Å². The molecule has 0 spiro atoms. The molecule has 1 amide bonds. The van der Waals surface area contributed by atoms with Crippen LogP contribution in [0.15, 0.2) is 12.2 Å². The van der Waals surface area contributed by atoms with Crippen LogP contribution in [0.5, 0.6) is 0 Å². The van der Waals surface area contributed by atoms with Gasteiger partial charge in [-0.15, -0.1) is 0 Å². The number of hydrogen-bond donors (Lipinski definition) is 2. The Morgan fingerprint density at radius 3 is 2.33 bits per heavy atom. The van der Waals surface area contributed by atoms with E-state index in [2.05, 4.69) is 32.7 Å². The average Bonchev–Trinajstić information content (AvgIpc) is 2.12. The molecule has 0 aromatic heterocycles. The molecule has 0 aliphatic heterocycles. The van der Waals surface area contributed by atoms with Crippen molar-refractivity contribution in [2.24, 2.45) is 5.41 Å². The van der Waals surface area contributed by atoms with Crippen LogP contribution in [0.2, 0.25) is 0 Å².